The van der Waals surface area contributed by atoms with Crippen LogP contribution in [0.15, 0.2) is 0 Å². The summed E-state index contributed by atoms with van der Waals surface area (Å²) in [6, 6.07) is 0. The average Bonchev–Trinajstić information content (AvgIpc) is 2.28. The summed E-state index contributed by atoms with van der Waals surface area (Å²) in [7, 11) is 0. The molecular weight excluding hydrogens is 192 g/mol. The molecule has 0 aromatic heterocycles. The molecule has 0 aliphatic rings. The minimum atomic E-state index is 0.769. The van der Waals surface area contributed by atoms with Gasteiger partial charge >= 0.3 is 0 Å². The van der Waals surface area contributed by atoms with Gasteiger partial charge in [0.05, 0.1) is 0 Å². The zero-order chi connectivity index (χ0) is 12.3. The van der Waals surface area contributed by atoms with Gasteiger partial charge < -0.3 is 0 Å². The third kappa shape index (κ3) is 2.30. The number of unbranched alkanes of at least 4 members (excludes halogenated alkanes) is 1. The van der Waals surface area contributed by atoms with Crippen LogP contribution in [0.5, 0.6) is 0 Å². The summed E-state index contributed by atoms with van der Waals surface area (Å²) in [6.45, 7) is 11.1. The fourth-order valence-corrected chi connectivity index (χ4v) is 2.31. The molecule has 0 aliphatic heterocycles. The molecule has 0 amide bonds. The predicted molar refractivity (Wildman–Crippen MR) is 70.2 cm³/mol. The Morgan fingerprint density at radius 1 is 0.812 bits per heavy atom. The highest BCUT2D eigenvalue weighted by Gasteiger charge is 2.11. The molecule has 0 saturated carbocycles. The van der Waals surface area contributed by atoms with Crippen molar-refractivity contribution in [2.45, 2.75) is 53.9 Å². The number of hydrogen-bond donors (Lipinski definition) is 0. The van der Waals surface area contributed by atoms with Crippen LogP contribution in [-0.2, 0) is 6.42 Å². The standard InChI is InChI=1S/C16H21/c1-7-8-9-10-16-14(5)12(3)11(2)13(4)15(16)6/h8-10H2,2-6H3. The van der Waals surface area contributed by atoms with Crippen molar-refractivity contribution in [3.05, 3.63) is 39.8 Å². The van der Waals surface area contributed by atoms with Crippen molar-refractivity contribution in [2.75, 3.05) is 0 Å². The molecule has 1 aromatic rings. The van der Waals surface area contributed by atoms with Crippen LogP contribution in [0, 0.1) is 47.0 Å². The van der Waals surface area contributed by atoms with E-state index in [1.165, 1.54) is 33.4 Å². The quantitative estimate of drug-likeness (QED) is 0.523. The molecule has 0 saturated heterocycles. The molecular formula is C16H21. The summed E-state index contributed by atoms with van der Waals surface area (Å²) in [5.41, 5.74) is 8.64. The number of benzene rings is 1. The SMILES string of the molecule is [C]#CCCCc1c(C)c(C)c(C)c(C)c1C. The molecule has 0 N–H and O–H groups in total. The van der Waals surface area contributed by atoms with Crippen LogP contribution in [0.2, 0.25) is 0 Å². The van der Waals surface area contributed by atoms with E-state index in [1.807, 2.05) is 0 Å². The average molecular weight is 213 g/mol. The van der Waals surface area contributed by atoms with E-state index in [9.17, 15) is 0 Å². The zero-order valence-corrected chi connectivity index (χ0v) is 11.1. The van der Waals surface area contributed by atoms with E-state index in [1.54, 1.807) is 0 Å². The van der Waals surface area contributed by atoms with Gasteiger partial charge in [0.15, 0.2) is 0 Å². The van der Waals surface area contributed by atoms with E-state index in [-0.39, 0.29) is 0 Å². The van der Waals surface area contributed by atoms with Crippen LogP contribution >= 0.6 is 0 Å². The maximum atomic E-state index is 6.94. The summed E-state index contributed by atoms with van der Waals surface area (Å²) in [5, 5.41) is 0. The molecule has 0 aliphatic carbocycles. The minimum Gasteiger partial charge on any atom is -0.0891 e. The van der Waals surface area contributed by atoms with Gasteiger partial charge in [-0.15, -0.1) is 0 Å². The molecule has 0 bridgehead atoms. The van der Waals surface area contributed by atoms with Crippen molar-refractivity contribution >= 4 is 0 Å². The van der Waals surface area contributed by atoms with Gasteiger partial charge in [0.1, 0.15) is 0 Å². The van der Waals surface area contributed by atoms with Crippen LogP contribution in [0.3, 0.4) is 0 Å². The van der Waals surface area contributed by atoms with Crippen LogP contribution in [0.25, 0.3) is 0 Å². The first kappa shape index (κ1) is 12.8. The van der Waals surface area contributed by atoms with E-state index in [4.69, 9.17) is 6.42 Å². The summed E-state index contributed by atoms with van der Waals surface area (Å²) in [4.78, 5) is 0. The van der Waals surface area contributed by atoms with Gasteiger partial charge in [-0.3, -0.25) is 0 Å². The van der Waals surface area contributed by atoms with E-state index in [0.717, 1.165) is 19.3 Å². The topological polar surface area (TPSA) is 0 Å². The van der Waals surface area contributed by atoms with Crippen molar-refractivity contribution in [1.29, 1.82) is 0 Å². The van der Waals surface area contributed by atoms with Crippen LogP contribution < -0.4 is 0 Å². The fourth-order valence-electron chi connectivity index (χ4n) is 2.31. The van der Waals surface area contributed by atoms with Gasteiger partial charge in [0.2, 0.25) is 0 Å². The third-order valence-electron chi connectivity index (χ3n) is 3.88. The Balaban J connectivity index is 3.14. The van der Waals surface area contributed by atoms with Gasteiger partial charge in [-0.05, 0) is 87.3 Å². The maximum Gasteiger partial charge on any atom is 0.0102 e. The lowest BCUT2D eigenvalue weighted by Gasteiger charge is -2.18. The largest absolute Gasteiger partial charge is 0.0891 e. The molecule has 1 rings (SSSR count). The highest BCUT2D eigenvalue weighted by atomic mass is 14.2. The Kier molecular flexibility index (Phi) is 4.19. The fraction of sp³-hybridized carbons (Fsp3) is 0.500. The first-order chi connectivity index (χ1) is 7.50. The second kappa shape index (κ2) is 5.21. The van der Waals surface area contributed by atoms with Gasteiger partial charge in [0, 0.05) is 6.42 Å². The molecule has 0 unspecified atom stereocenters. The monoisotopic (exact) mass is 213 g/mol. The highest BCUT2D eigenvalue weighted by Crippen LogP contribution is 2.27. The molecule has 1 aromatic carbocycles. The molecule has 0 heteroatoms. The molecule has 0 atom stereocenters. The van der Waals surface area contributed by atoms with Crippen LogP contribution in [0.1, 0.15) is 46.2 Å². The second-order valence-corrected chi connectivity index (χ2v) is 4.63. The van der Waals surface area contributed by atoms with E-state index < -0.39 is 0 Å². The smallest absolute Gasteiger partial charge is 0.0102 e. The lowest BCUT2D eigenvalue weighted by atomic mass is 9.87. The molecule has 0 spiro atoms. The van der Waals surface area contributed by atoms with Crippen molar-refractivity contribution in [1.82, 2.24) is 0 Å². The molecule has 1 radical (unpaired) electrons. The Morgan fingerprint density at radius 2 is 1.25 bits per heavy atom. The van der Waals surface area contributed by atoms with Crippen molar-refractivity contribution < 1.29 is 0 Å². The molecule has 0 nitrogen and oxygen atoms in total. The van der Waals surface area contributed by atoms with E-state index >= 15 is 0 Å². The Labute approximate surface area is 100 Å². The normalized spacial score (nSPS) is 10.2. The first-order valence-electron chi connectivity index (χ1n) is 5.96. The molecule has 0 fully saturated rings. The summed E-state index contributed by atoms with van der Waals surface area (Å²) < 4.78 is 0. The predicted octanol–water partition coefficient (Wildman–Crippen LogP) is 4.14. The van der Waals surface area contributed by atoms with Gasteiger partial charge in [-0.2, -0.15) is 0 Å². The Bertz CT molecular complexity index is 401. The van der Waals surface area contributed by atoms with Crippen molar-refractivity contribution in [3.8, 4) is 5.92 Å². The van der Waals surface area contributed by atoms with E-state index in [2.05, 4.69) is 40.5 Å². The van der Waals surface area contributed by atoms with Crippen molar-refractivity contribution in [3.63, 3.8) is 0 Å². The molecule has 85 valence electrons. The zero-order valence-electron chi connectivity index (χ0n) is 11.1. The second-order valence-electron chi connectivity index (χ2n) is 4.63. The third-order valence-corrected chi connectivity index (χ3v) is 3.88. The number of rotatable bonds is 3. The highest BCUT2D eigenvalue weighted by molar-refractivity contribution is 5.49. The maximum absolute atomic E-state index is 6.94. The summed E-state index contributed by atoms with van der Waals surface area (Å²) in [6.07, 6.45) is 9.82. The Hall–Kier alpha value is -1.22. The van der Waals surface area contributed by atoms with E-state index in [0.29, 0.717) is 0 Å². The summed E-state index contributed by atoms with van der Waals surface area (Å²) >= 11 is 0. The Morgan fingerprint density at radius 3 is 1.69 bits per heavy atom. The molecule has 0 heterocycles. The van der Waals surface area contributed by atoms with Gasteiger partial charge in [-0.25, -0.2) is 0 Å². The van der Waals surface area contributed by atoms with Crippen molar-refractivity contribution in [2.24, 2.45) is 0 Å². The minimum absolute atomic E-state index is 0.769. The number of hydrogen-bond acceptors (Lipinski definition) is 0. The lowest BCUT2D eigenvalue weighted by molar-refractivity contribution is 0.839. The van der Waals surface area contributed by atoms with Gasteiger partial charge in [-0.1, -0.05) is 5.92 Å². The van der Waals surface area contributed by atoms with Crippen LogP contribution in [0.4, 0.5) is 0 Å². The van der Waals surface area contributed by atoms with Gasteiger partial charge in [0.25, 0.3) is 0 Å². The lowest BCUT2D eigenvalue weighted by Crippen LogP contribution is -2.02. The summed E-state index contributed by atoms with van der Waals surface area (Å²) in [5.74, 6) is 2.47. The first-order valence-corrected chi connectivity index (χ1v) is 5.96. The van der Waals surface area contributed by atoms with Crippen LogP contribution in [-0.4, -0.2) is 0 Å². The molecule has 16 heavy (non-hydrogen) atoms.